The van der Waals surface area contributed by atoms with Crippen molar-refractivity contribution in [3.63, 3.8) is 0 Å². The van der Waals surface area contributed by atoms with E-state index in [1.165, 1.54) is 0 Å². The van der Waals surface area contributed by atoms with Gasteiger partial charge in [0.05, 0.1) is 5.56 Å². The van der Waals surface area contributed by atoms with Gasteiger partial charge in [-0.25, -0.2) is 0 Å². The van der Waals surface area contributed by atoms with Crippen LogP contribution in [-0.4, -0.2) is 16.9 Å². The van der Waals surface area contributed by atoms with Gasteiger partial charge in [-0.3, -0.25) is 4.79 Å². The van der Waals surface area contributed by atoms with Gasteiger partial charge < -0.3 is 16.0 Å². The molecule has 1 aromatic carbocycles. The van der Waals surface area contributed by atoms with Crippen LogP contribution in [0.15, 0.2) is 24.4 Å². The number of nitrogens with one attached hydrogen (secondary N) is 2. The average Bonchev–Trinajstić information content (AvgIpc) is 2.59. The highest BCUT2D eigenvalue weighted by atomic mass is 16.1. The Labute approximate surface area is 93.8 Å². The summed E-state index contributed by atoms with van der Waals surface area (Å²) in [5.41, 5.74) is 7.89. The summed E-state index contributed by atoms with van der Waals surface area (Å²) in [6.45, 7) is 3.87. The molecule has 4 N–H and O–H groups in total. The van der Waals surface area contributed by atoms with Crippen molar-refractivity contribution in [2.24, 2.45) is 0 Å². The molecule has 1 aromatic heterocycles. The first-order valence-electron chi connectivity index (χ1n) is 5.25. The van der Waals surface area contributed by atoms with Crippen LogP contribution in [0.2, 0.25) is 0 Å². The molecule has 1 amide bonds. The summed E-state index contributed by atoms with van der Waals surface area (Å²) in [4.78, 5) is 14.9. The van der Waals surface area contributed by atoms with E-state index in [4.69, 9.17) is 5.73 Å². The summed E-state index contributed by atoms with van der Waals surface area (Å²) < 4.78 is 0. The molecule has 0 radical (unpaired) electrons. The molecule has 16 heavy (non-hydrogen) atoms. The van der Waals surface area contributed by atoms with Crippen molar-refractivity contribution >= 4 is 22.5 Å². The molecular weight excluding hydrogens is 202 g/mol. The van der Waals surface area contributed by atoms with Gasteiger partial charge in [0.1, 0.15) is 0 Å². The zero-order valence-electron chi connectivity index (χ0n) is 9.37. The number of aromatic amines is 1. The van der Waals surface area contributed by atoms with Gasteiger partial charge in [0, 0.05) is 28.8 Å². The van der Waals surface area contributed by atoms with Crippen LogP contribution >= 0.6 is 0 Å². The number of carbonyl (C=O) groups is 1. The first-order chi connectivity index (χ1) is 7.58. The molecule has 0 saturated carbocycles. The largest absolute Gasteiger partial charge is 0.399 e. The van der Waals surface area contributed by atoms with Crippen LogP contribution in [0.5, 0.6) is 0 Å². The van der Waals surface area contributed by atoms with E-state index in [0.717, 1.165) is 10.9 Å². The predicted molar refractivity (Wildman–Crippen MR) is 65.3 cm³/mol. The maximum absolute atomic E-state index is 11.9. The molecule has 0 fully saturated rings. The van der Waals surface area contributed by atoms with Crippen LogP contribution in [0.4, 0.5) is 5.69 Å². The van der Waals surface area contributed by atoms with E-state index in [1.54, 1.807) is 12.3 Å². The fourth-order valence-corrected chi connectivity index (χ4v) is 1.67. The number of carbonyl (C=O) groups excluding carboxylic acids is 1. The first-order valence-corrected chi connectivity index (χ1v) is 5.25. The van der Waals surface area contributed by atoms with E-state index in [0.29, 0.717) is 11.3 Å². The third-order valence-corrected chi connectivity index (χ3v) is 2.37. The Hall–Kier alpha value is -1.97. The third kappa shape index (κ3) is 1.86. The number of hydrogen-bond donors (Lipinski definition) is 3. The SMILES string of the molecule is CC(C)NC(=O)c1c[nH]c2cc(N)ccc12. The molecule has 0 unspecified atom stereocenters. The maximum Gasteiger partial charge on any atom is 0.253 e. The van der Waals surface area contributed by atoms with E-state index in [9.17, 15) is 4.79 Å². The highest BCUT2D eigenvalue weighted by molar-refractivity contribution is 6.07. The minimum Gasteiger partial charge on any atom is -0.399 e. The molecule has 0 spiro atoms. The molecular formula is C12H15N3O. The van der Waals surface area contributed by atoms with Crippen LogP contribution in [0.3, 0.4) is 0 Å². The molecule has 1 heterocycles. The second-order valence-electron chi connectivity index (χ2n) is 4.14. The number of nitrogen functional groups attached to an aromatic ring is 1. The molecule has 2 aromatic rings. The lowest BCUT2D eigenvalue weighted by atomic mass is 10.1. The van der Waals surface area contributed by atoms with E-state index in [2.05, 4.69) is 10.3 Å². The summed E-state index contributed by atoms with van der Waals surface area (Å²) in [6, 6.07) is 5.60. The van der Waals surface area contributed by atoms with Crippen molar-refractivity contribution in [2.75, 3.05) is 5.73 Å². The van der Waals surface area contributed by atoms with Crippen molar-refractivity contribution in [2.45, 2.75) is 19.9 Å². The molecule has 4 nitrogen and oxygen atoms in total. The van der Waals surface area contributed by atoms with Crippen LogP contribution in [-0.2, 0) is 0 Å². The Morgan fingerprint density at radius 3 is 2.88 bits per heavy atom. The Kier molecular flexibility index (Phi) is 2.56. The number of hydrogen-bond acceptors (Lipinski definition) is 2. The van der Waals surface area contributed by atoms with Gasteiger partial charge in [-0.05, 0) is 32.0 Å². The molecule has 0 aliphatic carbocycles. The van der Waals surface area contributed by atoms with Crippen LogP contribution in [0, 0.1) is 0 Å². The summed E-state index contributed by atoms with van der Waals surface area (Å²) in [5, 5.41) is 3.76. The first kappa shape index (κ1) is 10.5. The lowest BCUT2D eigenvalue weighted by Crippen LogP contribution is -2.29. The van der Waals surface area contributed by atoms with Gasteiger partial charge in [0.25, 0.3) is 5.91 Å². The van der Waals surface area contributed by atoms with Gasteiger partial charge in [0.2, 0.25) is 0 Å². The summed E-state index contributed by atoms with van der Waals surface area (Å²) in [6.07, 6.45) is 1.71. The Morgan fingerprint density at radius 1 is 1.44 bits per heavy atom. The lowest BCUT2D eigenvalue weighted by Gasteiger charge is -2.07. The van der Waals surface area contributed by atoms with Crippen molar-refractivity contribution < 1.29 is 4.79 Å². The van der Waals surface area contributed by atoms with Crippen molar-refractivity contribution in [3.05, 3.63) is 30.0 Å². The van der Waals surface area contributed by atoms with E-state index >= 15 is 0 Å². The molecule has 2 rings (SSSR count). The number of rotatable bonds is 2. The standard InChI is InChI=1S/C12H15N3O/c1-7(2)15-12(16)10-6-14-11-5-8(13)3-4-9(10)11/h3-7,14H,13H2,1-2H3,(H,15,16). The third-order valence-electron chi connectivity index (χ3n) is 2.37. The quantitative estimate of drug-likeness (QED) is 0.672. The molecule has 0 bridgehead atoms. The monoisotopic (exact) mass is 217 g/mol. The van der Waals surface area contributed by atoms with Gasteiger partial charge in [-0.2, -0.15) is 0 Å². The lowest BCUT2D eigenvalue weighted by molar-refractivity contribution is 0.0945. The second kappa shape index (κ2) is 3.89. The Morgan fingerprint density at radius 2 is 2.19 bits per heavy atom. The van der Waals surface area contributed by atoms with E-state index < -0.39 is 0 Å². The van der Waals surface area contributed by atoms with Crippen molar-refractivity contribution in [1.82, 2.24) is 10.3 Å². The van der Waals surface area contributed by atoms with Crippen LogP contribution < -0.4 is 11.1 Å². The molecule has 0 atom stereocenters. The number of nitrogens with two attached hydrogens (primary N) is 1. The van der Waals surface area contributed by atoms with Crippen molar-refractivity contribution in [1.29, 1.82) is 0 Å². The fraction of sp³-hybridized carbons (Fsp3) is 0.250. The number of benzene rings is 1. The van der Waals surface area contributed by atoms with E-state index in [-0.39, 0.29) is 11.9 Å². The zero-order chi connectivity index (χ0) is 11.7. The van der Waals surface area contributed by atoms with Gasteiger partial charge in [0.15, 0.2) is 0 Å². The fourth-order valence-electron chi connectivity index (χ4n) is 1.67. The highest BCUT2D eigenvalue weighted by Gasteiger charge is 2.12. The molecule has 0 saturated heterocycles. The normalized spacial score (nSPS) is 10.9. The van der Waals surface area contributed by atoms with E-state index in [1.807, 2.05) is 26.0 Å². The topological polar surface area (TPSA) is 70.9 Å². The molecule has 0 aliphatic heterocycles. The summed E-state index contributed by atoms with van der Waals surface area (Å²) in [5.74, 6) is -0.0639. The number of aromatic nitrogens is 1. The molecule has 84 valence electrons. The number of anilines is 1. The number of amides is 1. The minimum absolute atomic E-state index is 0.0639. The highest BCUT2D eigenvalue weighted by Crippen LogP contribution is 2.20. The number of H-pyrrole nitrogens is 1. The maximum atomic E-state index is 11.9. The predicted octanol–water partition coefficient (Wildman–Crippen LogP) is 1.89. The summed E-state index contributed by atoms with van der Waals surface area (Å²) >= 11 is 0. The summed E-state index contributed by atoms with van der Waals surface area (Å²) in [7, 11) is 0. The van der Waals surface area contributed by atoms with Gasteiger partial charge >= 0.3 is 0 Å². The van der Waals surface area contributed by atoms with Crippen molar-refractivity contribution in [3.8, 4) is 0 Å². The zero-order valence-corrected chi connectivity index (χ0v) is 9.37. The Bertz CT molecular complexity index is 528. The van der Waals surface area contributed by atoms with Crippen LogP contribution in [0.25, 0.3) is 10.9 Å². The minimum atomic E-state index is -0.0639. The average molecular weight is 217 g/mol. The molecule has 4 heteroatoms. The smallest absolute Gasteiger partial charge is 0.253 e. The molecule has 0 aliphatic rings. The second-order valence-corrected chi connectivity index (χ2v) is 4.14. The Balaban J connectivity index is 2.42. The number of fused-ring (bicyclic) bond motifs is 1. The van der Waals surface area contributed by atoms with Gasteiger partial charge in [-0.15, -0.1) is 0 Å². The van der Waals surface area contributed by atoms with Gasteiger partial charge in [-0.1, -0.05) is 0 Å². The van der Waals surface area contributed by atoms with Crippen LogP contribution in [0.1, 0.15) is 24.2 Å².